The molecule has 1 saturated carbocycles. The summed E-state index contributed by atoms with van der Waals surface area (Å²) in [6.45, 7) is 4.48. The van der Waals surface area contributed by atoms with E-state index >= 15 is 0 Å². The standard InChI is InChI=1S/C18H28N2S/c1-3-19-18(17-13-21-12-11-20(17)2)16-10-5-4-9-15(16)14-7-6-8-14/h4-5,9-10,14,17-19H,3,6-8,11-13H2,1-2H3. The van der Waals surface area contributed by atoms with Crippen molar-refractivity contribution in [3.63, 3.8) is 0 Å². The highest BCUT2D eigenvalue weighted by Gasteiger charge is 2.32. The minimum Gasteiger partial charge on any atom is -0.309 e. The first-order valence-corrected chi connectivity index (χ1v) is 9.57. The molecule has 2 aliphatic rings. The zero-order chi connectivity index (χ0) is 14.7. The highest BCUT2D eigenvalue weighted by atomic mass is 32.2. The molecule has 1 aliphatic heterocycles. The first-order valence-electron chi connectivity index (χ1n) is 8.41. The number of thioether (sulfide) groups is 1. The van der Waals surface area contributed by atoms with Crippen molar-refractivity contribution in [3.05, 3.63) is 35.4 Å². The maximum absolute atomic E-state index is 3.79. The molecule has 0 spiro atoms. The molecule has 1 N–H and O–H groups in total. The monoisotopic (exact) mass is 304 g/mol. The van der Waals surface area contributed by atoms with Gasteiger partial charge >= 0.3 is 0 Å². The molecule has 1 aromatic carbocycles. The molecule has 2 fully saturated rings. The second kappa shape index (κ2) is 7.17. The summed E-state index contributed by atoms with van der Waals surface area (Å²) in [5.41, 5.74) is 3.17. The zero-order valence-electron chi connectivity index (χ0n) is 13.3. The number of rotatable bonds is 5. The van der Waals surface area contributed by atoms with Crippen molar-refractivity contribution in [3.8, 4) is 0 Å². The van der Waals surface area contributed by atoms with E-state index in [0.29, 0.717) is 12.1 Å². The highest BCUT2D eigenvalue weighted by Crippen LogP contribution is 2.40. The fourth-order valence-corrected chi connectivity index (χ4v) is 4.89. The van der Waals surface area contributed by atoms with Crippen molar-refractivity contribution < 1.29 is 0 Å². The highest BCUT2D eigenvalue weighted by molar-refractivity contribution is 7.99. The Morgan fingerprint density at radius 1 is 1.33 bits per heavy atom. The topological polar surface area (TPSA) is 15.3 Å². The molecular formula is C18H28N2S. The second-order valence-electron chi connectivity index (χ2n) is 6.41. The van der Waals surface area contributed by atoms with Crippen LogP contribution in [0.15, 0.2) is 24.3 Å². The lowest BCUT2D eigenvalue weighted by molar-refractivity contribution is 0.215. The van der Waals surface area contributed by atoms with Crippen molar-refractivity contribution in [2.45, 2.75) is 44.2 Å². The molecular weight excluding hydrogens is 276 g/mol. The van der Waals surface area contributed by atoms with Crippen LogP contribution < -0.4 is 5.32 Å². The van der Waals surface area contributed by atoms with E-state index in [1.54, 1.807) is 11.1 Å². The fourth-order valence-electron chi connectivity index (χ4n) is 3.61. The van der Waals surface area contributed by atoms with Crippen LogP contribution in [-0.4, -0.2) is 42.6 Å². The van der Waals surface area contributed by atoms with Crippen molar-refractivity contribution >= 4 is 11.8 Å². The fraction of sp³-hybridized carbons (Fsp3) is 0.667. The van der Waals surface area contributed by atoms with E-state index in [2.05, 4.69) is 60.2 Å². The van der Waals surface area contributed by atoms with E-state index in [1.165, 1.54) is 37.3 Å². The molecule has 1 aliphatic carbocycles. The Labute approximate surface area is 133 Å². The number of nitrogens with one attached hydrogen (secondary N) is 1. The van der Waals surface area contributed by atoms with Crippen LogP contribution in [-0.2, 0) is 0 Å². The van der Waals surface area contributed by atoms with Gasteiger partial charge in [0, 0.05) is 30.1 Å². The molecule has 2 unspecified atom stereocenters. The zero-order valence-corrected chi connectivity index (χ0v) is 14.2. The maximum Gasteiger partial charge on any atom is 0.0488 e. The van der Waals surface area contributed by atoms with Gasteiger partial charge in [0.1, 0.15) is 0 Å². The number of benzene rings is 1. The van der Waals surface area contributed by atoms with Crippen LogP contribution in [0.3, 0.4) is 0 Å². The summed E-state index contributed by atoms with van der Waals surface area (Å²) in [5.74, 6) is 3.33. The minimum absolute atomic E-state index is 0.476. The van der Waals surface area contributed by atoms with E-state index in [4.69, 9.17) is 0 Å². The van der Waals surface area contributed by atoms with Crippen LogP contribution in [0.4, 0.5) is 0 Å². The van der Waals surface area contributed by atoms with Gasteiger partial charge in [-0.05, 0) is 43.5 Å². The molecule has 0 bridgehead atoms. The van der Waals surface area contributed by atoms with Crippen LogP contribution >= 0.6 is 11.8 Å². The molecule has 0 radical (unpaired) electrons. The Morgan fingerprint density at radius 3 is 2.81 bits per heavy atom. The van der Waals surface area contributed by atoms with Crippen LogP contribution in [0.1, 0.15) is 49.3 Å². The normalized spacial score (nSPS) is 25.5. The second-order valence-corrected chi connectivity index (χ2v) is 7.56. The summed E-state index contributed by atoms with van der Waals surface area (Å²) in [5, 5.41) is 3.79. The van der Waals surface area contributed by atoms with E-state index in [0.717, 1.165) is 12.5 Å². The summed E-state index contributed by atoms with van der Waals surface area (Å²) >= 11 is 2.11. The molecule has 1 aromatic rings. The smallest absolute Gasteiger partial charge is 0.0488 e. The van der Waals surface area contributed by atoms with Gasteiger partial charge in [-0.1, -0.05) is 37.6 Å². The Balaban J connectivity index is 1.89. The third kappa shape index (κ3) is 3.30. The first-order chi connectivity index (χ1) is 10.3. The lowest BCUT2D eigenvalue weighted by atomic mass is 9.76. The summed E-state index contributed by atoms with van der Waals surface area (Å²) in [4.78, 5) is 2.56. The lowest BCUT2D eigenvalue weighted by Gasteiger charge is -2.40. The molecule has 116 valence electrons. The van der Waals surface area contributed by atoms with Crippen LogP contribution in [0.2, 0.25) is 0 Å². The minimum atomic E-state index is 0.476. The van der Waals surface area contributed by atoms with Crippen molar-refractivity contribution in [2.75, 3.05) is 31.6 Å². The van der Waals surface area contributed by atoms with E-state index in [-0.39, 0.29) is 0 Å². The van der Waals surface area contributed by atoms with E-state index < -0.39 is 0 Å². The van der Waals surface area contributed by atoms with Gasteiger partial charge in [0.25, 0.3) is 0 Å². The van der Waals surface area contributed by atoms with Crippen LogP contribution in [0.25, 0.3) is 0 Å². The Kier molecular flexibility index (Phi) is 5.25. The SMILES string of the molecule is CCNC(c1ccccc1C1CCC1)C1CSCCN1C. The predicted molar refractivity (Wildman–Crippen MR) is 93.2 cm³/mol. The largest absolute Gasteiger partial charge is 0.309 e. The van der Waals surface area contributed by atoms with Crippen molar-refractivity contribution in [1.29, 1.82) is 0 Å². The molecule has 1 heterocycles. The number of likely N-dealkylation sites (N-methyl/N-ethyl adjacent to an activating group) is 2. The van der Waals surface area contributed by atoms with Gasteiger partial charge in [-0.2, -0.15) is 11.8 Å². The maximum atomic E-state index is 3.79. The third-order valence-electron chi connectivity index (χ3n) is 5.13. The van der Waals surface area contributed by atoms with Crippen molar-refractivity contribution in [1.82, 2.24) is 10.2 Å². The summed E-state index contributed by atoms with van der Waals surface area (Å²) in [6.07, 6.45) is 4.17. The van der Waals surface area contributed by atoms with Gasteiger partial charge in [0.2, 0.25) is 0 Å². The van der Waals surface area contributed by atoms with Gasteiger partial charge in [-0.3, -0.25) is 4.90 Å². The molecule has 3 rings (SSSR count). The number of hydrogen-bond acceptors (Lipinski definition) is 3. The quantitative estimate of drug-likeness (QED) is 0.894. The Bertz CT molecular complexity index is 458. The summed E-state index contributed by atoms with van der Waals surface area (Å²) in [6, 6.07) is 10.3. The van der Waals surface area contributed by atoms with E-state index in [9.17, 15) is 0 Å². The Morgan fingerprint density at radius 2 is 2.14 bits per heavy atom. The number of hydrogen-bond donors (Lipinski definition) is 1. The van der Waals surface area contributed by atoms with Gasteiger partial charge in [-0.15, -0.1) is 0 Å². The Hall–Kier alpha value is -0.510. The average Bonchev–Trinajstić information content (AvgIpc) is 2.45. The molecule has 3 heteroatoms. The van der Waals surface area contributed by atoms with E-state index in [1.807, 2.05) is 0 Å². The van der Waals surface area contributed by atoms with Crippen molar-refractivity contribution in [2.24, 2.45) is 0 Å². The summed E-state index contributed by atoms with van der Waals surface area (Å²) in [7, 11) is 2.29. The molecule has 0 amide bonds. The van der Waals surface area contributed by atoms with Gasteiger partial charge < -0.3 is 5.32 Å². The first kappa shape index (κ1) is 15.4. The molecule has 2 nitrogen and oxygen atoms in total. The number of nitrogens with zero attached hydrogens (tertiary/aromatic N) is 1. The van der Waals surface area contributed by atoms with Crippen LogP contribution in [0, 0.1) is 0 Å². The molecule has 1 saturated heterocycles. The molecule has 0 aromatic heterocycles. The predicted octanol–water partition coefficient (Wildman–Crippen LogP) is 3.65. The average molecular weight is 305 g/mol. The third-order valence-corrected chi connectivity index (χ3v) is 6.18. The van der Waals surface area contributed by atoms with Gasteiger partial charge in [0.05, 0.1) is 0 Å². The molecule has 2 atom stereocenters. The van der Waals surface area contributed by atoms with Gasteiger partial charge in [-0.25, -0.2) is 0 Å². The lowest BCUT2D eigenvalue weighted by Crippen LogP contribution is -2.48. The molecule has 21 heavy (non-hydrogen) atoms. The summed E-state index contributed by atoms with van der Waals surface area (Å²) < 4.78 is 0. The van der Waals surface area contributed by atoms with Gasteiger partial charge in [0.15, 0.2) is 0 Å². The van der Waals surface area contributed by atoms with Crippen LogP contribution in [0.5, 0.6) is 0 Å².